The Labute approximate surface area is 450 Å². The van der Waals surface area contributed by atoms with Gasteiger partial charge in [0, 0.05) is 12.8 Å². The fourth-order valence-electron chi connectivity index (χ4n) is 8.38. The minimum atomic E-state index is -4.46. The number of ether oxygens (including phenoxy) is 1. The number of likely N-dealkylation sites (N-methyl/N-ethyl adjacent to an activating group) is 1. The number of carbonyl (C=O) groups excluding carboxylic acids is 2. The van der Waals surface area contributed by atoms with Crippen LogP contribution >= 0.6 is 7.82 Å². The lowest BCUT2D eigenvalue weighted by Gasteiger charge is -2.27. The average Bonchev–Trinajstić information content (AvgIpc) is 3.35. The minimum absolute atomic E-state index is 0.0283. The first-order chi connectivity index (χ1) is 35.4. The van der Waals surface area contributed by atoms with Crippen LogP contribution in [-0.2, 0) is 27.9 Å². The average molecular weight is 1040 g/mol. The summed E-state index contributed by atoms with van der Waals surface area (Å²) in [6, 6.07) is -0.873. The van der Waals surface area contributed by atoms with Crippen molar-refractivity contribution in [1.29, 1.82) is 0 Å². The lowest BCUT2D eigenvalue weighted by molar-refractivity contribution is -0.870. The zero-order chi connectivity index (χ0) is 53.6. The molecular weight excluding hydrogens is 928 g/mol. The third-order valence-electron chi connectivity index (χ3n) is 13.0. The second-order valence-corrected chi connectivity index (χ2v) is 22.8. The van der Waals surface area contributed by atoms with E-state index in [1.54, 1.807) is 0 Å². The van der Waals surface area contributed by atoms with E-state index in [0.29, 0.717) is 17.4 Å². The van der Waals surface area contributed by atoms with Gasteiger partial charge in [0.15, 0.2) is 0 Å². The smallest absolute Gasteiger partial charge is 0.456 e. The van der Waals surface area contributed by atoms with Crippen molar-refractivity contribution in [2.75, 3.05) is 40.9 Å². The van der Waals surface area contributed by atoms with Gasteiger partial charge in [0.2, 0.25) is 5.91 Å². The normalized spacial score (nSPS) is 14.3. The SMILES string of the molecule is CC\C=C/C=C/C=C/C=C\C=C\C=C\CCCCCC(=O)NC(COP(=O)(O)OCC[N+](C)(C)C)C(/C=C/CCCCCCCCCCC)OC(=O)CCCCCCCCCCCCCCCCCCCCC. The molecule has 2 N–H and O–H groups in total. The van der Waals surface area contributed by atoms with E-state index < -0.39 is 20.0 Å². The Bertz CT molecular complexity index is 1530. The summed E-state index contributed by atoms with van der Waals surface area (Å²) in [6.07, 6.45) is 68.7. The predicted octanol–water partition coefficient (Wildman–Crippen LogP) is 18.2. The van der Waals surface area contributed by atoms with Crippen molar-refractivity contribution in [3.05, 3.63) is 85.1 Å². The van der Waals surface area contributed by atoms with Crippen molar-refractivity contribution in [3.8, 4) is 0 Å². The molecule has 73 heavy (non-hydrogen) atoms. The maximum absolute atomic E-state index is 13.5. The zero-order valence-corrected chi connectivity index (χ0v) is 49.0. The van der Waals surface area contributed by atoms with Gasteiger partial charge in [0.05, 0.1) is 33.8 Å². The van der Waals surface area contributed by atoms with Crippen LogP contribution in [0.15, 0.2) is 85.1 Å². The van der Waals surface area contributed by atoms with Gasteiger partial charge in [-0.25, -0.2) is 4.57 Å². The van der Waals surface area contributed by atoms with Gasteiger partial charge in [-0.2, -0.15) is 0 Å². The van der Waals surface area contributed by atoms with E-state index in [2.05, 4.69) is 38.2 Å². The quantitative estimate of drug-likeness (QED) is 0.0156. The van der Waals surface area contributed by atoms with Gasteiger partial charge in [-0.05, 0) is 51.0 Å². The summed E-state index contributed by atoms with van der Waals surface area (Å²) in [5.41, 5.74) is 0. The number of hydrogen-bond donors (Lipinski definition) is 2. The molecule has 0 aromatic heterocycles. The van der Waals surface area contributed by atoms with Gasteiger partial charge in [-0.15, -0.1) is 0 Å². The number of rotatable bonds is 53. The molecule has 0 bridgehead atoms. The molecule has 422 valence electrons. The molecule has 0 saturated heterocycles. The number of phosphoric ester groups is 1. The summed E-state index contributed by atoms with van der Waals surface area (Å²) < 4.78 is 30.6. The van der Waals surface area contributed by atoms with E-state index in [1.807, 2.05) is 94.1 Å². The number of quaternary nitrogens is 1. The van der Waals surface area contributed by atoms with E-state index in [4.69, 9.17) is 13.8 Å². The van der Waals surface area contributed by atoms with E-state index in [1.165, 1.54) is 148 Å². The molecule has 0 aromatic carbocycles. The maximum Gasteiger partial charge on any atom is 0.472 e. The van der Waals surface area contributed by atoms with E-state index in [0.717, 1.165) is 64.2 Å². The van der Waals surface area contributed by atoms with E-state index in [9.17, 15) is 19.0 Å². The number of carbonyl (C=O) groups is 2. The van der Waals surface area contributed by atoms with Crippen LogP contribution in [0.3, 0.4) is 0 Å². The number of unbranched alkanes of at least 4 members (excludes halogenated alkanes) is 30. The predicted molar refractivity (Wildman–Crippen MR) is 314 cm³/mol. The highest BCUT2D eigenvalue weighted by Crippen LogP contribution is 2.43. The molecule has 0 rings (SSSR count). The molecular formula is C63H114N2O7P+. The second kappa shape index (κ2) is 52.6. The first-order valence-electron chi connectivity index (χ1n) is 30.0. The van der Waals surface area contributed by atoms with Gasteiger partial charge < -0.3 is 19.4 Å². The molecule has 10 heteroatoms. The Kier molecular flexibility index (Phi) is 50.6. The van der Waals surface area contributed by atoms with Crippen molar-refractivity contribution in [2.45, 2.75) is 264 Å². The highest BCUT2D eigenvalue weighted by Gasteiger charge is 2.30. The maximum atomic E-state index is 13.5. The molecule has 0 radical (unpaired) electrons. The third kappa shape index (κ3) is 53.8. The number of nitrogens with one attached hydrogen (secondary N) is 1. The van der Waals surface area contributed by atoms with Crippen molar-refractivity contribution in [1.82, 2.24) is 5.32 Å². The summed E-state index contributed by atoms with van der Waals surface area (Å²) in [5.74, 6) is -0.554. The number of allylic oxidation sites excluding steroid dienone is 13. The Morgan fingerprint density at radius 1 is 0.493 bits per heavy atom. The lowest BCUT2D eigenvalue weighted by Crippen LogP contribution is -2.47. The second-order valence-electron chi connectivity index (χ2n) is 21.3. The summed E-state index contributed by atoms with van der Waals surface area (Å²) in [6.45, 7) is 6.83. The number of amides is 1. The van der Waals surface area contributed by atoms with Crippen LogP contribution in [0.1, 0.15) is 252 Å². The topological polar surface area (TPSA) is 111 Å². The van der Waals surface area contributed by atoms with Crippen LogP contribution in [0.4, 0.5) is 0 Å². The zero-order valence-electron chi connectivity index (χ0n) is 48.1. The van der Waals surface area contributed by atoms with Gasteiger partial charge in [-0.3, -0.25) is 18.6 Å². The third-order valence-corrected chi connectivity index (χ3v) is 14.0. The first kappa shape index (κ1) is 70.2. The van der Waals surface area contributed by atoms with E-state index in [-0.39, 0.29) is 37.9 Å². The molecule has 1 amide bonds. The Hall–Kier alpha value is -2.81. The van der Waals surface area contributed by atoms with Crippen LogP contribution in [0.5, 0.6) is 0 Å². The summed E-state index contributed by atoms with van der Waals surface area (Å²) >= 11 is 0. The molecule has 0 aliphatic carbocycles. The fourth-order valence-corrected chi connectivity index (χ4v) is 9.12. The summed E-state index contributed by atoms with van der Waals surface area (Å²) in [4.78, 5) is 37.6. The molecule has 0 aliphatic rings. The Balaban J connectivity index is 5.32. The Morgan fingerprint density at radius 3 is 1.33 bits per heavy atom. The van der Waals surface area contributed by atoms with Crippen molar-refractivity contribution in [3.63, 3.8) is 0 Å². The molecule has 3 atom stereocenters. The molecule has 0 heterocycles. The molecule has 0 spiro atoms. The number of hydrogen-bond acceptors (Lipinski definition) is 6. The number of esters is 1. The Morgan fingerprint density at radius 2 is 0.877 bits per heavy atom. The van der Waals surface area contributed by atoms with Crippen LogP contribution in [0, 0.1) is 0 Å². The van der Waals surface area contributed by atoms with Crippen molar-refractivity contribution >= 4 is 19.7 Å². The molecule has 3 unspecified atom stereocenters. The van der Waals surface area contributed by atoms with Crippen LogP contribution in [0.25, 0.3) is 0 Å². The molecule has 0 saturated carbocycles. The molecule has 0 aliphatic heterocycles. The molecule has 0 aromatic rings. The minimum Gasteiger partial charge on any atom is -0.456 e. The fraction of sp³-hybridized carbons (Fsp3) is 0.746. The molecule has 0 fully saturated rings. The standard InChI is InChI=1S/C63H113N2O7P/c1-7-10-13-16-19-22-25-27-29-31-32-34-36-38-41-44-47-50-53-56-63(67)72-61(54-51-48-45-42-39-24-21-18-15-12-9-3)60(59-71-73(68,69)70-58-57-65(4,5)6)64-62(66)55-52-49-46-43-40-37-35-33-30-28-26-23-20-17-14-11-8-2/h11,14,17,20,23,26,28,30,33,35,37,40,51,54,60-61H,7-10,12-13,15-16,18-19,21-22,24-25,27,29,31-32,34,36,38-39,41-50,52-53,55-59H2,1-6H3,(H-,64,66,68,69)/p+1/b14-11-,20-17+,26-23+,30-28-,35-33+,40-37+,54-51+. The van der Waals surface area contributed by atoms with Gasteiger partial charge in [-0.1, -0.05) is 273 Å². The van der Waals surface area contributed by atoms with Gasteiger partial charge in [0.1, 0.15) is 19.3 Å². The monoisotopic (exact) mass is 1040 g/mol. The van der Waals surface area contributed by atoms with Crippen LogP contribution in [-0.4, -0.2) is 74.3 Å². The first-order valence-corrected chi connectivity index (χ1v) is 31.5. The lowest BCUT2D eigenvalue weighted by atomic mass is 10.0. The summed E-state index contributed by atoms with van der Waals surface area (Å²) in [5, 5.41) is 3.02. The highest BCUT2D eigenvalue weighted by molar-refractivity contribution is 7.47. The van der Waals surface area contributed by atoms with Crippen molar-refractivity contribution < 1.29 is 37.3 Å². The summed E-state index contributed by atoms with van der Waals surface area (Å²) in [7, 11) is 1.46. The van der Waals surface area contributed by atoms with Crippen LogP contribution in [0.2, 0.25) is 0 Å². The number of nitrogens with zero attached hydrogens (tertiary/aromatic N) is 1. The number of phosphoric acid groups is 1. The largest absolute Gasteiger partial charge is 0.472 e. The highest BCUT2D eigenvalue weighted by atomic mass is 31.2. The van der Waals surface area contributed by atoms with E-state index >= 15 is 0 Å². The van der Waals surface area contributed by atoms with Crippen LogP contribution < -0.4 is 5.32 Å². The van der Waals surface area contributed by atoms with Crippen molar-refractivity contribution in [2.24, 2.45) is 0 Å². The molecule has 9 nitrogen and oxygen atoms in total. The van der Waals surface area contributed by atoms with Gasteiger partial charge >= 0.3 is 13.8 Å². The van der Waals surface area contributed by atoms with Gasteiger partial charge in [0.25, 0.3) is 0 Å².